The Hall–Kier alpha value is -1.55. The van der Waals surface area contributed by atoms with Crippen LogP contribution in [0.1, 0.15) is 32.1 Å². The fraction of sp³-hybridized carbons (Fsp3) is 0.500. The van der Waals surface area contributed by atoms with Gasteiger partial charge >= 0.3 is 6.01 Å². The van der Waals surface area contributed by atoms with Gasteiger partial charge in [-0.05, 0) is 25.0 Å². The summed E-state index contributed by atoms with van der Waals surface area (Å²) in [5.74, 6) is 0. The standard InChI is InChI=1S/C16H18ClN3O/c17-13-10-14(16(13)8-4-5-9-16)21-15-18-11-20(19-15)12-6-2-1-3-7-12/h1-3,6-7,11,13-14H,4-5,8-10H2. The Kier molecular flexibility index (Phi) is 3.14. The fourth-order valence-electron chi connectivity index (χ4n) is 3.67. The average Bonchev–Trinajstić information content (AvgIpc) is 3.19. The quantitative estimate of drug-likeness (QED) is 0.814. The van der Waals surface area contributed by atoms with E-state index in [4.69, 9.17) is 16.3 Å². The van der Waals surface area contributed by atoms with Gasteiger partial charge in [-0.3, -0.25) is 0 Å². The number of nitrogens with zero attached hydrogens (tertiary/aromatic N) is 3. The lowest BCUT2D eigenvalue weighted by Gasteiger charge is -2.50. The van der Waals surface area contributed by atoms with Crippen LogP contribution in [0.5, 0.6) is 6.01 Å². The molecule has 0 bridgehead atoms. The highest BCUT2D eigenvalue weighted by molar-refractivity contribution is 6.21. The Labute approximate surface area is 129 Å². The molecule has 0 aliphatic heterocycles. The minimum absolute atomic E-state index is 0.166. The monoisotopic (exact) mass is 303 g/mol. The van der Waals surface area contributed by atoms with Crippen molar-refractivity contribution in [2.75, 3.05) is 0 Å². The van der Waals surface area contributed by atoms with Gasteiger partial charge in [0.25, 0.3) is 0 Å². The van der Waals surface area contributed by atoms with Gasteiger partial charge in [-0.2, -0.15) is 4.98 Å². The van der Waals surface area contributed by atoms with Gasteiger partial charge in [-0.25, -0.2) is 4.68 Å². The average molecular weight is 304 g/mol. The lowest BCUT2D eigenvalue weighted by Crippen LogP contribution is -2.55. The van der Waals surface area contributed by atoms with E-state index in [1.165, 1.54) is 25.7 Å². The van der Waals surface area contributed by atoms with E-state index < -0.39 is 0 Å². The highest BCUT2D eigenvalue weighted by atomic mass is 35.5. The van der Waals surface area contributed by atoms with Crippen LogP contribution in [0.15, 0.2) is 36.7 Å². The maximum Gasteiger partial charge on any atom is 0.336 e. The van der Waals surface area contributed by atoms with Gasteiger partial charge in [0.05, 0.1) is 5.69 Å². The van der Waals surface area contributed by atoms with E-state index in [9.17, 15) is 0 Å². The second-order valence-electron chi connectivity index (χ2n) is 6.06. The Morgan fingerprint density at radius 1 is 1.19 bits per heavy atom. The molecule has 21 heavy (non-hydrogen) atoms. The number of hydrogen-bond donors (Lipinski definition) is 0. The van der Waals surface area contributed by atoms with Crippen molar-refractivity contribution < 1.29 is 4.74 Å². The van der Waals surface area contributed by atoms with Crippen molar-refractivity contribution in [2.45, 2.75) is 43.6 Å². The Balaban J connectivity index is 1.50. The van der Waals surface area contributed by atoms with Gasteiger partial charge in [-0.15, -0.1) is 16.7 Å². The molecule has 1 aromatic carbocycles. The third-order valence-electron chi connectivity index (χ3n) is 4.96. The molecule has 0 saturated heterocycles. The summed E-state index contributed by atoms with van der Waals surface area (Å²) in [6.45, 7) is 0. The summed E-state index contributed by atoms with van der Waals surface area (Å²) >= 11 is 6.45. The number of alkyl halides is 1. The van der Waals surface area contributed by atoms with Crippen LogP contribution in [0.4, 0.5) is 0 Å². The fourth-order valence-corrected chi connectivity index (χ4v) is 4.19. The smallest absolute Gasteiger partial charge is 0.336 e. The molecule has 1 spiro atoms. The van der Waals surface area contributed by atoms with Crippen molar-refractivity contribution in [3.8, 4) is 11.7 Å². The third kappa shape index (κ3) is 2.13. The zero-order valence-corrected chi connectivity index (χ0v) is 12.5. The second kappa shape index (κ2) is 5.02. The molecule has 4 rings (SSSR count). The molecule has 110 valence electrons. The molecule has 2 aliphatic carbocycles. The first-order chi connectivity index (χ1) is 10.3. The van der Waals surface area contributed by atoms with E-state index in [1.807, 2.05) is 30.3 Å². The van der Waals surface area contributed by atoms with Crippen LogP contribution >= 0.6 is 11.6 Å². The molecule has 2 aromatic rings. The first kappa shape index (κ1) is 13.1. The Bertz CT molecular complexity index is 621. The van der Waals surface area contributed by atoms with Crippen LogP contribution in [0.3, 0.4) is 0 Å². The second-order valence-corrected chi connectivity index (χ2v) is 6.58. The van der Waals surface area contributed by atoms with Crippen molar-refractivity contribution in [3.05, 3.63) is 36.7 Å². The molecule has 1 aromatic heterocycles. The van der Waals surface area contributed by atoms with Gasteiger partial charge in [0.2, 0.25) is 0 Å². The zero-order chi connectivity index (χ0) is 14.3. The molecule has 0 amide bonds. The predicted octanol–water partition coefficient (Wildman–Crippen LogP) is 3.59. The van der Waals surface area contributed by atoms with Gasteiger partial charge in [0.1, 0.15) is 12.4 Å². The zero-order valence-electron chi connectivity index (χ0n) is 11.8. The van der Waals surface area contributed by atoms with Crippen LogP contribution in [0, 0.1) is 5.41 Å². The summed E-state index contributed by atoms with van der Waals surface area (Å²) in [5.41, 5.74) is 1.15. The summed E-state index contributed by atoms with van der Waals surface area (Å²) in [6, 6.07) is 10.4. The van der Waals surface area contributed by atoms with E-state index in [2.05, 4.69) is 10.1 Å². The molecule has 2 fully saturated rings. The van der Waals surface area contributed by atoms with Gasteiger partial charge < -0.3 is 4.74 Å². The van der Waals surface area contributed by atoms with Crippen LogP contribution in [-0.4, -0.2) is 26.2 Å². The summed E-state index contributed by atoms with van der Waals surface area (Å²) in [6.07, 6.45) is 7.64. The summed E-state index contributed by atoms with van der Waals surface area (Å²) in [4.78, 5) is 4.28. The predicted molar refractivity (Wildman–Crippen MR) is 80.9 cm³/mol. The molecule has 2 saturated carbocycles. The number of rotatable bonds is 3. The van der Waals surface area contributed by atoms with Crippen molar-refractivity contribution in [2.24, 2.45) is 5.41 Å². The number of benzene rings is 1. The molecule has 5 heteroatoms. The molecular formula is C16H18ClN3O. The largest absolute Gasteiger partial charge is 0.458 e. The molecule has 0 radical (unpaired) electrons. The van der Waals surface area contributed by atoms with Crippen LogP contribution in [-0.2, 0) is 0 Å². The first-order valence-corrected chi connectivity index (χ1v) is 7.99. The number of para-hydroxylation sites is 1. The normalized spacial score (nSPS) is 26.7. The molecular weight excluding hydrogens is 286 g/mol. The highest BCUT2D eigenvalue weighted by Crippen LogP contribution is 2.56. The molecule has 1 heterocycles. The number of hydrogen-bond acceptors (Lipinski definition) is 3. The molecule has 4 nitrogen and oxygen atoms in total. The van der Waals surface area contributed by atoms with E-state index in [0.29, 0.717) is 6.01 Å². The number of aromatic nitrogens is 3. The van der Waals surface area contributed by atoms with Crippen LogP contribution < -0.4 is 4.74 Å². The van der Waals surface area contributed by atoms with Crippen LogP contribution in [0.25, 0.3) is 5.69 Å². The van der Waals surface area contributed by atoms with Crippen molar-refractivity contribution in [1.29, 1.82) is 0 Å². The minimum atomic E-state index is 0.166. The first-order valence-electron chi connectivity index (χ1n) is 7.56. The Morgan fingerprint density at radius 2 is 1.95 bits per heavy atom. The van der Waals surface area contributed by atoms with Crippen molar-refractivity contribution >= 4 is 11.6 Å². The summed E-state index contributed by atoms with van der Waals surface area (Å²) in [7, 11) is 0. The molecule has 2 aliphatic rings. The maximum atomic E-state index is 6.45. The van der Waals surface area contributed by atoms with Gasteiger partial charge in [-0.1, -0.05) is 31.0 Å². The minimum Gasteiger partial charge on any atom is -0.458 e. The molecule has 2 unspecified atom stereocenters. The van der Waals surface area contributed by atoms with E-state index in [0.717, 1.165) is 12.1 Å². The summed E-state index contributed by atoms with van der Waals surface area (Å²) < 4.78 is 7.78. The third-order valence-corrected chi connectivity index (χ3v) is 5.57. The Morgan fingerprint density at radius 3 is 2.67 bits per heavy atom. The van der Waals surface area contributed by atoms with Gasteiger partial charge in [0.15, 0.2) is 0 Å². The van der Waals surface area contributed by atoms with E-state index in [1.54, 1.807) is 11.0 Å². The lowest BCUT2D eigenvalue weighted by molar-refractivity contribution is -0.0407. The van der Waals surface area contributed by atoms with Crippen molar-refractivity contribution in [1.82, 2.24) is 14.8 Å². The lowest BCUT2D eigenvalue weighted by atomic mass is 9.64. The molecule has 0 N–H and O–H groups in total. The van der Waals surface area contributed by atoms with E-state index >= 15 is 0 Å². The summed E-state index contributed by atoms with van der Waals surface area (Å²) in [5, 5.41) is 4.67. The number of halogens is 1. The van der Waals surface area contributed by atoms with E-state index in [-0.39, 0.29) is 16.9 Å². The van der Waals surface area contributed by atoms with Crippen molar-refractivity contribution in [3.63, 3.8) is 0 Å². The molecule has 2 atom stereocenters. The van der Waals surface area contributed by atoms with Crippen LogP contribution in [0.2, 0.25) is 0 Å². The SMILES string of the molecule is ClC1CC(Oc2ncn(-c3ccccc3)n2)C12CCCC2. The topological polar surface area (TPSA) is 39.9 Å². The maximum absolute atomic E-state index is 6.45. The highest BCUT2D eigenvalue weighted by Gasteiger charge is 2.57. The van der Waals surface area contributed by atoms with Gasteiger partial charge in [0, 0.05) is 17.2 Å². The number of ether oxygens (including phenoxy) is 1.